The molecule has 0 aliphatic carbocycles. The first-order valence-corrected chi connectivity index (χ1v) is 8.87. The lowest BCUT2D eigenvalue weighted by atomic mass is 10.0. The number of nitrogens with one attached hydrogen (secondary N) is 3. The van der Waals surface area contributed by atoms with Crippen LogP contribution < -0.4 is 21.7 Å². The van der Waals surface area contributed by atoms with E-state index in [0.717, 1.165) is 0 Å². The highest BCUT2D eigenvalue weighted by atomic mass is 16.4. The van der Waals surface area contributed by atoms with Crippen molar-refractivity contribution in [3.05, 3.63) is 35.9 Å². The summed E-state index contributed by atoms with van der Waals surface area (Å²) in [6.07, 6.45) is -0.813. The van der Waals surface area contributed by atoms with E-state index in [-0.39, 0.29) is 6.42 Å². The van der Waals surface area contributed by atoms with Crippen LogP contribution in [0.5, 0.6) is 0 Å². The highest BCUT2D eigenvalue weighted by Crippen LogP contribution is 2.05. The van der Waals surface area contributed by atoms with Gasteiger partial charge in [0.2, 0.25) is 17.7 Å². The van der Waals surface area contributed by atoms with Crippen LogP contribution in [0.3, 0.4) is 0 Å². The maximum Gasteiger partial charge on any atom is 0.328 e. The van der Waals surface area contributed by atoms with Crippen LogP contribution in [0.25, 0.3) is 0 Å². The Labute approximate surface area is 171 Å². The molecule has 0 saturated heterocycles. The van der Waals surface area contributed by atoms with Gasteiger partial charge in [0.05, 0.1) is 19.6 Å². The predicted molar refractivity (Wildman–Crippen MR) is 102 cm³/mol. The summed E-state index contributed by atoms with van der Waals surface area (Å²) in [7, 11) is 0. The molecule has 0 aliphatic heterocycles. The third-order valence-electron chi connectivity index (χ3n) is 3.93. The van der Waals surface area contributed by atoms with E-state index in [0.29, 0.717) is 5.56 Å². The fourth-order valence-corrected chi connectivity index (χ4v) is 2.43. The molecule has 0 fully saturated rings. The third-order valence-corrected chi connectivity index (χ3v) is 3.93. The van der Waals surface area contributed by atoms with Gasteiger partial charge < -0.3 is 37.0 Å². The van der Waals surface area contributed by atoms with E-state index in [1.54, 1.807) is 30.3 Å². The molecule has 3 amide bonds. The van der Waals surface area contributed by atoms with Crippen LogP contribution in [0.4, 0.5) is 0 Å². The zero-order valence-corrected chi connectivity index (χ0v) is 15.9. The molecule has 0 heterocycles. The molecular formula is C18H24N4O8. The molecule has 0 spiro atoms. The van der Waals surface area contributed by atoms with Gasteiger partial charge in [-0.1, -0.05) is 30.3 Å². The maximum atomic E-state index is 12.7. The largest absolute Gasteiger partial charge is 0.481 e. The summed E-state index contributed by atoms with van der Waals surface area (Å²) < 4.78 is 0. The van der Waals surface area contributed by atoms with Gasteiger partial charge in [-0.25, -0.2) is 4.79 Å². The van der Waals surface area contributed by atoms with Crippen molar-refractivity contribution in [1.82, 2.24) is 16.0 Å². The minimum absolute atomic E-state index is 0.0359. The number of amides is 3. The highest BCUT2D eigenvalue weighted by Gasteiger charge is 2.30. The molecule has 0 saturated carbocycles. The first-order valence-electron chi connectivity index (χ1n) is 8.87. The lowest BCUT2D eigenvalue weighted by Gasteiger charge is -2.23. The molecule has 3 atom stereocenters. The van der Waals surface area contributed by atoms with Crippen LogP contribution in [0.2, 0.25) is 0 Å². The van der Waals surface area contributed by atoms with Crippen molar-refractivity contribution in [3.8, 4) is 0 Å². The summed E-state index contributed by atoms with van der Waals surface area (Å²) in [5, 5.41) is 33.5. The average Bonchev–Trinajstić information content (AvgIpc) is 2.70. The zero-order chi connectivity index (χ0) is 22.7. The van der Waals surface area contributed by atoms with Gasteiger partial charge in [0.1, 0.15) is 18.1 Å². The van der Waals surface area contributed by atoms with E-state index in [2.05, 4.69) is 10.6 Å². The van der Waals surface area contributed by atoms with Gasteiger partial charge in [0.25, 0.3) is 0 Å². The average molecular weight is 424 g/mol. The number of aliphatic carboxylic acids is 2. The first-order chi connectivity index (χ1) is 14.2. The smallest absolute Gasteiger partial charge is 0.328 e. The number of carboxylic acid groups (broad SMARTS) is 2. The van der Waals surface area contributed by atoms with Gasteiger partial charge in [-0.15, -0.1) is 0 Å². The van der Waals surface area contributed by atoms with Gasteiger partial charge in [-0.2, -0.15) is 0 Å². The van der Waals surface area contributed by atoms with E-state index < -0.39 is 67.4 Å². The summed E-state index contributed by atoms with van der Waals surface area (Å²) in [4.78, 5) is 58.7. The van der Waals surface area contributed by atoms with Crippen molar-refractivity contribution in [2.24, 2.45) is 5.73 Å². The van der Waals surface area contributed by atoms with Crippen molar-refractivity contribution in [2.45, 2.75) is 31.0 Å². The number of carbonyl (C=O) groups excluding carboxylic acids is 3. The number of carboxylic acids is 2. The molecule has 0 bridgehead atoms. The molecule has 1 aromatic rings. The van der Waals surface area contributed by atoms with Crippen LogP contribution in [-0.2, 0) is 30.4 Å². The lowest BCUT2D eigenvalue weighted by Crippen LogP contribution is -2.57. The molecular weight excluding hydrogens is 400 g/mol. The molecule has 0 aliphatic rings. The lowest BCUT2D eigenvalue weighted by molar-refractivity contribution is -0.144. The zero-order valence-electron chi connectivity index (χ0n) is 15.9. The van der Waals surface area contributed by atoms with E-state index in [4.69, 9.17) is 21.1 Å². The second kappa shape index (κ2) is 12.1. The van der Waals surface area contributed by atoms with Crippen LogP contribution in [-0.4, -0.2) is 76.3 Å². The van der Waals surface area contributed by atoms with Crippen LogP contribution in [0, 0.1) is 0 Å². The van der Waals surface area contributed by atoms with Crippen molar-refractivity contribution in [2.75, 3.05) is 13.2 Å². The Morgan fingerprint density at radius 3 is 1.93 bits per heavy atom. The van der Waals surface area contributed by atoms with Crippen LogP contribution >= 0.6 is 0 Å². The molecule has 0 radical (unpaired) electrons. The second-order valence-corrected chi connectivity index (χ2v) is 6.25. The summed E-state index contributed by atoms with van der Waals surface area (Å²) in [5.74, 6) is -5.59. The number of nitrogens with two attached hydrogens (primary N) is 1. The molecule has 30 heavy (non-hydrogen) atoms. The molecule has 1 aromatic carbocycles. The van der Waals surface area contributed by atoms with E-state index in [1.807, 2.05) is 5.32 Å². The number of hydrogen-bond acceptors (Lipinski definition) is 7. The molecule has 12 heteroatoms. The third kappa shape index (κ3) is 8.24. The van der Waals surface area contributed by atoms with Crippen molar-refractivity contribution in [1.29, 1.82) is 0 Å². The van der Waals surface area contributed by atoms with Gasteiger partial charge in [-0.05, 0) is 5.56 Å². The quantitative estimate of drug-likeness (QED) is 0.184. The number of carbonyl (C=O) groups is 5. The normalized spacial score (nSPS) is 13.4. The van der Waals surface area contributed by atoms with Gasteiger partial charge in [-0.3, -0.25) is 19.2 Å². The highest BCUT2D eigenvalue weighted by molar-refractivity contribution is 5.95. The molecule has 164 valence electrons. The van der Waals surface area contributed by atoms with Gasteiger partial charge in [0, 0.05) is 6.42 Å². The number of rotatable bonds is 12. The fourth-order valence-electron chi connectivity index (χ4n) is 2.43. The Morgan fingerprint density at radius 2 is 1.43 bits per heavy atom. The molecule has 1 rings (SSSR count). The monoisotopic (exact) mass is 424 g/mol. The maximum absolute atomic E-state index is 12.7. The van der Waals surface area contributed by atoms with Crippen molar-refractivity contribution in [3.63, 3.8) is 0 Å². The molecule has 8 N–H and O–H groups in total. The summed E-state index contributed by atoms with van der Waals surface area (Å²) in [6.45, 7) is -1.33. The first kappa shape index (κ1) is 24.5. The molecule has 0 aromatic heterocycles. The Morgan fingerprint density at radius 1 is 0.867 bits per heavy atom. The predicted octanol–water partition coefficient (Wildman–Crippen LogP) is -2.81. The fraction of sp³-hybridized carbons (Fsp3) is 0.389. The van der Waals surface area contributed by atoms with Crippen molar-refractivity contribution < 1.29 is 39.3 Å². The SMILES string of the molecule is NCC(=O)NC(Cc1ccccc1)C(=O)NC(CC(=O)O)C(=O)NC(CO)C(=O)O. The minimum Gasteiger partial charge on any atom is -0.481 e. The topological polar surface area (TPSA) is 208 Å². The minimum atomic E-state index is -1.68. The standard InChI is InChI=1S/C18H24N4O8/c19-8-14(24)20-11(6-10-4-2-1-3-5-10)16(27)21-12(7-15(25)26)17(28)22-13(9-23)18(29)30/h1-5,11-13,23H,6-9,19H2,(H,20,24)(H,21,27)(H,22,28)(H,25,26)(H,29,30). The van der Waals surface area contributed by atoms with Crippen LogP contribution in [0.1, 0.15) is 12.0 Å². The van der Waals surface area contributed by atoms with Gasteiger partial charge in [0.15, 0.2) is 0 Å². The number of aliphatic hydroxyl groups excluding tert-OH is 1. The Bertz CT molecular complexity index is 771. The van der Waals surface area contributed by atoms with Crippen molar-refractivity contribution >= 4 is 29.7 Å². The summed E-state index contributed by atoms with van der Waals surface area (Å²) in [6, 6.07) is 4.11. The Hall–Kier alpha value is -3.51. The Kier molecular flexibility index (Phi) is 9.92. The molecule has 3 unspecified atom stereocenters. The number of aliphatic hydroxyl groups is 1. The molecule has 12 nitrogen and oxygen atoms in total. The van der Waals surface area contributed by atoms with E-state index in [1.165, 1.54) is 0 Å². The van der Waals surface area contributed by atoms with E-state index in [9.17, 15) is 24.0 Å². The summed E-state index contributed by atoms with van der Waals surface area (Å²) in [5.41, 5.74) is 5.94. The second-order valence-electron chi connectivity index (χ2n) is 6.25. The van der Waals surface area contributed by atoms with E-state index >= 15 is 0 Å². The Balaban J connectivity index is 2.99. The van der Waals surface area contributed by atoms with Crippen LogP contribution in [0.15, 0.2) is 30.3 Å². The van der Waals surface area contributed by atoms with Gasteiger partial charge >= 0.3 is 11.9 Å². The summed E-state index contributed by atoms with van der Waals surface area (Å²) >= 11 is 0. The number of benzene rings is 1. The number of hydrogen-bond donors (Lipinski definition) is 7.